The first-order valence-electron chi connectivity index (χ1n) is 8.84. The predicted octanol–water partition coefficient (Wildman–Crippen LogP) is 2.66. The molecule has 3 rings (SSSR count). The van der Waals surface area contributed by atoms with Crippen molar-refractivity contribution in [3.63, 3.8) is 0 Å². The molecule has 9 heteroatoms. The average Bonchev–Trinajstić information content (AvgIpc) is 3.10. The van der Waals surface area contributed by atoms with Crippen LogP contribution in [0.3, 0.4) is 0 Å². The van der Waals surface area contributed by atoms with Gasteiger partial charge in [-0.05, 0) is 24.6 Å². The quantitative estimate of drug-likeness (QED) is 0.638. The number of nitrogens with zero attached hydrogens (tertiary/aromatic N) is 3. The van der Waals surface area contributed by atoms with Gasteiger partial charge in [-0.25, -0.2) is 9.78 Å². The molecular weight excluding hydrogens is 380 g/mol. The SMILES string of the molecule is CCc1nn2c(=O)cc(COC(=O)c3cccc(NC(=O)C(C)C)c3)nc2s1. The van der Waals surface area contributed by atoms with Crippen molar-refractivity contribution < 1.29 is 14.3 Å². The van der Waals surface area contributed by atoms with Crippen molar-refractivity contribution in [3.05, 3.63) is 57.0 Å². The van der Waals surface area contributed by atoms with Gasteiger partial charge in [-0.15, -0.1) is 0 Å². The average molecular weight is 400 g/mol. The fourth-order valence-electron chi connectivity index (χ4n) is 2.35. The molecule has 1 amide bonds. The Labute approximate surface area is 165 Å². The van der Waals surface area contributed by atoms with Crippen LogP contribution in [0.4, 0.5) is 5.69 Å². The van der Waals surface area contributed by atoms with Crippen molar-refractivity contribution in [1.29, 1.82) is 0 Å². The molecule has 0 aliphatic carbocycles. The standard InChI is InChI=1S/C19H20N4O4S/c1-4-15-22-23-16(24)9-14(21-19(23)28-15)10-27-18(26)12-6-5-7-13(8-12)20-17(25)11(2)3/h5-9,11H,4,10H2,1-3H3,(H,20,25). The normalized spacial score (nSPS) is 11.0. The molecule has 28 heavy (non-hydrogen) atoms. The number of ether oxygens (including phenoxy) is 1. The summed E-state index contributed by atoms with van der Waals surface area (Å²) < 4.78 is 6.53. The maximum Gasteiger partial charge on any atom is 0.338 e. The minimum atomic E-state index is -0.568. The number of fused-ring (bicyclic) bond motifs is 1. The van der Waals surface area contributed by atoms with Gasteiger partial charge < -0.3 is 10.1 Å². The summed E-state index contributed by atoms with van der Waals surface area (Å²) in [4.78, 5) is 41.1. The highest BCUT2D eigenvalue weighted by Crippen LogP contribution is 2.15. The van der Waals surface area contributed by atoms with E-state index in [0.717, 1.165) is 5.01 Å². The van der Waals surface area contributed by atoms with Gasteiger partial charge in [0.15, 0.2) is 0 Å². The van der Waals surface area contributed by atoms with E-state index in [9.17, 15) is 14.4 Å². The molecule has 8 nitrogen and oxygen atoms in total. The Morgan fingerprint density at radius 2 is 2.07 bits per heavy atom. The van der Waals surface area contributed by atoms with Crippen LogP contribution in [0.1, 0.15) is 41.8 Å². The number of nitrogens with one attached hydrogen (secondary N) is 1. The lowest BCUT2D eigenvalue weighted by Gasteiger charge is -2.09. The summed E-state index contributed by atoms with van der Waals surface area (Å²) in [7, 11) is 0. The molecule has 0 saturated carbocycles. The second-order valence-electron chi connectivity index (χ2n) is 6.43. The smallest absolute Gasteiger partial charge is 0.338 e. The zero-order chi connectivity index (χ0) is 20.3. The third kappa shape index (κ3) is 4.42. The van der Waals surface area contributed by atoms with E-state index in [2.05, 4.69) is 15.4 Å². The molecule has 2 heterocycles. The number of aromatic nitrogens is 3. The second-order valence-corrected chi connectivity index (χ2v) is 7.47. The maximum absolute atomic E-state index is 12.3. The Kier molecular flexibility index (Phi) is 5.84. The summed E-state index contributed by atoms with van der Waals surface area (Å²) in [5, 5.41) is 7.72. The molecule has 0 unspecified atom stereocenters. The van der Waals surface area contributed by atoms with E-state index in [4.69, 9.17) is 4.74 Å². The molecule has 0 fully saturated rings. The number of rotatable bonds is 6. The van der Waals surface area contributed by atoms with Crippen molar-refractivity contribution in [2.75, 3.05) is 5.32 Å². The lowest BCUT2D eigenvalue weighted by Crippen LogP contribution is -2.18. The van der Waals surface area contributed by atoms with Gasteiger partial charge in [0.2, 0.25) is 10.9 Å². The fraction of sp³-hybridized carbons (Fsp3) is 0.316. The first-order chi connectivity index (χ1) is 13.4. The Morgan fingerprint density at radius 1 is 1.29 bits per heavy atom. The van der Waals surface area contributed by atoms with Crippen LogP contribution in [0.25, 0.3) is 4.96 Å². The molecule has 1 N–H and O–H groups in total. The van der Waals surface area contributed by atoms with Gasteiger partial charge in [0.05, 0.1) is 11.3 Å². The van der Waals surface area contributed by atoms with Crippen LogP contribution < -0.4 is 10.9 Å². The van der Waals surface area contributed by atoms with Gasteiger partial charge in [0.25, 0.3) is 5.56 Å². The van der Waals surface area contributed by atoms with Crippen LogP contribution in [-0.2, 0) is 22.6 Å². The highest BCUT2D eigenvalue weighted by atomic mass is 32.1. The lowest BCUT2D eigenvalue weighted by atomic mass is 10.1. The van der Waals surface area contributed by atoms with Gasteiger partial charge in [-0.3, -0.25) is 9.59 Å². The summed E-state index contributed by atoms with van der Waals surface area (Å²) in [6.45, 7) is 5.38. The Bertz CT molecular complexity index is 1090. The lowest BCUT2D eigenvalue weighted by molar-refractivity contribution is -0.118. The van der Waals surface area contributed by atoms with Crippen LogP contribution in [0, 0.1) is 5.92 Å². The third-order valence-electron chi connectivity index (χ3n) is 3.88. The summed E-state index contributed by atoms with van der Waals surface area (Å²) >= 11 is 1.33. The van der Waals surface area contributed by atoms with E-state index >= 15 is 0 Å². The third-order valence-corrected chi connectivity index (χ3v) is 4.94. The van der Waals surface area contributed by atoms with Gasteiger partial charge in [-0.2, -0.15) is 9.61 Å². The number of esters is 1. The predicted molar refractivity (Wildman–Crippen MR) is 106 cm³/mol. The molecule has 0 bridgehead atoms. The summed E-state index contributed by atoms with van der Waals surface area (Å²) in [6.07, 6.45) is 0.710. The minimum Gasteiger partial charge on any atom is -0.456 e. The van der Waals surface area contributed by atoms with Crippen molar-refractivity contribution in [3.8, 4) is 0 Å². The molecule has 1 aromatic carbocycles. The molecule has 0 aliphatic rings. The molecule has 3 aromatic rings. The molecule has 0 saturated heterocycles. The Morgan fingerprint density at radius 3 is 2.79 bits per heavy atom. The number of carbonyl (C=O) groups excluding carboxylic acids is 2. The number of aryl methyl sites for hydroxylation is 1. The van der Waals surface area contributed by atoms with Crippen LogP contribution in [-0.4, -0.2) is 26.5 Å². The summed E-state index contributed by atoms with van der Waals surface area (Å²) in [5.41, 5.74) is 0.854. The van der Waals surface area contributed by atoms with Crippen molar-refractivity contribution in [2.24, 2.45) is 5.92 Å². The molecule has 146 valence electrons. The number of carbonyl (C=O) groups is 2. The topological polar surface area (TPSA) is 103 Å². The van der Waals surface area contributed by atoms with E-state index in [1.807, 2.05) is 6.92 Å². The van der Waals surface area contributed by atoms with Gasteiger partial charge in [0.1, 0.15) is 11.6 Å². The van der Waals surface area contributed by atoms with E-state index in [1.165, 1.54) is 21.9 Å². The first kappa shape index (κ1) is 19.7. The number of benzene rings is 1. The summed E-state index contributed by atoms with van der Waals surface area (Å²) in [5.74, 6) is -0.878. The molecule has 0 radical (unpaired) electrons. The zero-order valence-corrected chi connectivity index (χ0v) is 16.6. The highest BCUT2D eigenvalue weighted by molar-refractivity contribution is 7.16. The second kappa shape index (κ2) is 8.30. The van der Waals surface area contributed by atoms with Crippen LogP contribution >= 0.6 is 11.3 Å². The monoisotopic (exact) mass is 400 g/mol. The molecular formula is C19H20N4O4S. The molecule has 0 atom stereocenters. The van der Waals surface area contributed by atoms with Crippen molar-refractivity contribution in [1.82, 2.24) is 14.6 Å². The van der Waals surface area contributed by atoms with E-state index in [0.29, 0.717) is 28.3 Å². The van der Waals surface area contributed by atoms with Crippen molar-refractivity contribution >= 4 is 33.9 Å². The number of amides is 1. The largest absolute Gasteiger partial charge is 0.456 e. The highest BCUT2D eigenvalue weighted by Gasteiger charge is 2.13. The number of hydrogen-bond donors (Lipinski definition) is 1. The first-order valence-corrected chi connectivity index (χ1v) is 9.65. The van der Waals surface area contributed by atoms with Gasteiger partial charge in [0, 0.05) is 17.7 Å². The minimum absolute atomic E-state index is 0.132. The number of hydrogen-bond acceptors (Lipinski definition) is 7. The fourth-order valence-corrected chi connectivity index (χ4v) is 3.20. The van der Waals surface area contributed by atoms with Crippen LogP contribution in [0.2, 0.25) is 0 Å². The van der Waals surface area contributed by atoms with Crippen LogP contribution in [0.15, 0.2) is 35.1 Å². The Balaban J connectivity index is 1.71. The van der Waals surface area contributed by atoms with E-state index in [1.54, 1.807) is 38.1 Å². The van der Waals surface area contributed by atoms with Gasteiger partial charge >= 0.3 is 5.97 Å². The summed E-state index contributed by atoms with van der Waals surface area (Å²) in [6, 6.07) is 7.80. The van der Waals surface area contributed by atoms with Gasteiger partial charge in [-0.1, -0.05) is 38.2 Å². The maximum atomic E-state index is 12.3. The zero-order valence-electron chi connectivity index (χ0n) is 15.8. The van der Waals surface area contributed by atoms with E-state index in [-0.39, 0.29) is 24.0 Å². The number of anilines is 1. The molecule has 2 aromatic heterocycles. The van der Waals surface area contributed by atoms with E-state index < -0.39 is 5.97 Å². The Hall–Kier alpha value is -3.07. The molecule has 0 aliphatic heterocycles. The molecule has 0 spiro atoms. The van der Waals surface area contributed by atoms with Crippen LogP contribution in [0.5, 0.6) is 0 Å². The van der Waals surface area contributed by atoms with Crippen molar-refractivity contribution in [2.45, 2.75) is 33.8 Å².